The van der Waals surface area contributed by atoms with Crippen LogP contribution in [-0.4, -0.2) is 74.3 Å². The van der Waals surface area contributed by atoms with E-state index >= 15 is 0 Å². The molecule has 4 fully saturated rings. The average molecular weight is 757 g/mol. The molecule has 10 rings (SSSR count). The van der Waals surface area contributed by atoms with E-state index in [9.17, 15) is 14.7 Å². The number of carbonyl (C=O) groups is 2. The summed E-state index contributed by atoms with van der Waals surface area (Å²) in [5, 5.41) is 15.9. The van der Waals surface area contributed by atoms with Gasteiger partial charge >= 0.3 is 0 Å². The largest absolute Gasteiger partial charge is 0.390 e. The Hall–Kier alpha value is -5.64. The molecule has 2 aromatic carbocycles. The quantitative estimate of drug-likeness (QED) is 0.180. The molecule has 6 aromatic rings. The van der Waals surface area contributed by atoms with E-state index in [1.54, 1.807) is 36.9 Å². The van der Waals surface area contributed by atoms with Crippen molar-refractivity contribution in [1.82, 2.24) is 39.0 Å². The van der Waals surface area contributed by atoms with Crippen LogP contribution in [-0.2, 0) is 9.47 Å². The number of fused-ring (bicyclic) bond motifs is 4. The molecule has 2 saturated carbocycles. The van der Waals surface area contributed by atoms with Gasteiger partial charge in [0, 0.05) is 11.1 Å². The molecule has 288 valence electrons. The molecule has 6 heterocycles. The number of aliphatic hydroxyl groups excluding tert-OH is 1. The van der Waals surface area contributed by atoms with Gasteiger partial charge in [-0.1, -0.05) is 57.2 Å². The van der Waals surface area contributed by atoms with E-state index in [2.05, 4.69) is 61.3 Å². The summed E-state index contributed by atoms with van der Waals surface area (Å²) < 4.78 is 16.4. The number of benzene rings is 2. The second-order valence-corrected chi connectivity index (χ2v) is 15.6. The van der Waals surface area contributed by atoms with E-state index in [4.69, 9.17) is 9.47 Å². The van der Waals surface area contributed by atoms with Crippen LogP contribution < -0.4 is 10.6 Å². The third-order valence-corrected chi connectivity index (χ3v) is 12.1. The van der Waals surface area contributed by atoms with E-state index in [1.807, 2.05) is 45.5 Å². The Balaban J connectivity index is 0.000000146. The van der Waals surface area contributed by atoms with Crippen molar-refractivity contribution in [3.8, 4) is 0 Å². The highest BCUT2D eigenvalue weighted by Gasteiger charge is 2.49. The lowest BCUT2D eigenvalue weighted by molar-refractivity contribution is -0.0525. The zero-order chi connectivity index (χ0) is 38.5. The van der Waals surface area contributed by atoms with Gasteiger partial charge in [-0.2, -0.15) is 0 Å². The maximum atomic E-state index is 12.5. The minimum Gasteiger partial charge on any atom is -0.390 e. The molecule has 2 aliphatic heterocycles. The van der Waals surface area contributed by atoms with E-state index in [0.717, 1.165) is 19.3 Å². The molecule has 3 N–H and O–H groups in total. The van der Waals surface area contributed by atoms with Crippen molar-refractivity contribution >= 4 is 45.8 Å². The highest BCUT2D eigenvalue weighted by molar-refractivity contribution is 6.07. The smallest absolute Gasteiger partial charge is 0.256 e. The molecule has 15 heteroatoms. The number of aliphatic hydroxyl groups is 1. The van der Waals surface area contributed by atoms with Crippen molar-refractivity contribution in [1.29, 1.82) is 0 Å². The third-order valence-electron chi connectivity index (χ3n) is 12.1. The van der Waals surface area contributed by atoms with Crippen LogP contribution in [0.3, 0.4) is 0 Å². The lowest BCUT2D eigenvalue weighted by Crippen LogP contribution is -2.23. The fraction of sp³-hybridized carbons (Fsp3) is 0.415. The zero-order valence-electron chi connectivity index (χ0n) is 31.3. The van der Waals surface area contributed by atoms with Crippen LogP contribution in [0.25, 0.3) is 22.3 Å². The van der Waals surface area contributed by atoms with Crippen LogP contribution in [0.15, 0.2) is 86.0 Å². The SMILES string of the molecule is C[C@@H]1C[C@@H](C)[C@H]2O[C@H](n3cnc4c(NC(=O)c5ccccc5)ncnc43)C[C@H]21.C[C@@H]1C[C@@H](O)[C@H]2O[C@H](n3cnc4c(NC(=O)c5ccccc5)ncnc43)C[C@H]21. The van der Waals surface area contributed by atoms with E-state index in [1.165, 1.54) is 19.1 Å². The first-order valence-corrected chi connectivity index (χ1v) is 19.3. The van der Waals surface area contributed by atoms with Crippen molar-refractivity contribution in [2.75, 3.05) is 10.6 Å². The van der Waals surface area contributed by atoms with Crippen molar-refractivity contribution < 1.29 is 24.2 Å². The van der Waals surface area contributed by atoms with Gasteiger partial charge < -0.3 is 25.2 Å². The standard InChI is InChI=1S/C21H23N5O2.C20H21N5O3/c1-12-8-13(2)18-15(12)9-16(28-18)26-11-24-17-19(22-10-23-20(17)26)25-21(27)14-6-4-3-5-7-14;1-11-7-14(26)17-13(11)8-15(28-17)25-10-23-16-18(21-9-22-19(16)25)24-20(27)12-5-3-2-4-6-12/h3-7,10-13,15-16,18H,8-9H2,1-2H3,(H,22,23,25,27);2-6,9-11,13-15,17,26H,7-8H2,1H3,(H,21,22,24,27)/t12-,13-,15+,16+,18-;11-,13+,14-,15+,17+/m11/s1. The topological polar surface area (TPSA) is 184 Å². The summed E-state index contributed by atoms with van der Waals surface area (Å²) in [7, 11) is 0. The van der Waals surface area contributed by atoms with Gasteiger partial charge in [0.2, 0.25) is 0 Å². The van der Waals surface area contributed by atoms with Crippen molar-refractivity contribution in [2.45, 2.75) is 77.2 Å². The number of nitrogens with zero attached hydrogens (tertiary/aromatic N) is 8. The predicted molar refractivity (Wildman–Crippen MR) is 206 cm³/mol. The summed E-state index contributed by atoms with van der Waals surface area (Å²) in [4.78, 5) is 51.1. The molecule has 0 spiro atoms. The maximum absolute atomic E-state index is 12.5. The van der Waals surface area contributed by atoms with Gasteiger partial charge in [-0.3, -0.25) is 18.7 Å². The molecule has 2 amide bonds. The minimum atomic E-state index is -0.421. The molecule has 0 bridgehead atoms. The monoisotopic (exact) mass is 756 g/mol. The van der Waals surface area contributed by atoms with Crippen molar-refractivity contribution in [3.05, 3.63) is 97.1 Å². The Kier molecular flexibility index (Phi) is 9.51. The number of nitrogens with one attached hydrogen (secondary N) is 2. The number of hydrogen-bond acceptors (Lipinski definition) is 11. The predicted octanol–water partition coefficient (Wildman–Crippen LogP) is 6.04. The number of carbonyl (C=O) groups excluding carboxylic acids is 2. The number of hydrogen-bond donors (Lipinski definition) is 3. The maximum Gasteiger partial charge on any atom is 0.256 e. The van der Waals surface area contributed by atoms with Crippen molar-refractivity contribution in [3.63, 3.8) is 0 Å². The zero-order valence-corrected chi connectivity index (χ0v) is 31.3. The number of imidazole rings is 2. The van der Waals surface area contributed by atoms with Crippen LogP contribution in [0.5, 0.6) is 0 Å². The van der Waals surface area contributed by atoms with Crippen LogP contribution in [0.2, 0.25) is 0 Å². The van der Waals surface area contributed by atoms with E-state index in [0.29, 0.717) is 80.8 Å². The Labute approximate surface area is 322 Å². The number of aromatic nitrogens is 8. The average Bonchev–Trinajstić information content (AvgIpc) is 4.07. The first-order chi connectivity index (χ1) is 27.2. The van der Waals surface area contributed by atoms with Gasteiger partial charge in [0.15, 0.2) is 34.0 Å². The van der Waals surface area contributed by atoms with Crippen LogP contribution in [0.1, 0.15) is 79.6 Å². The van der Waals surface area contributed by atoms with Gasteiger partial charge in [0.05, 0.1) is 31.0 Å². The molecule has 2 aliphatic carbocycles. The fourth-order valence-corrected chi connectivity index (χ4v) is 9.24. The minimum absolute atomic E-state index is 0.0715. The van der Waals surface area contributed by atoms with Gasteiger partial charge in [-0.05, 0) is 79.5 Å². The Morgan fingerprint density at radius 3 is 1.55 bits per heavy atom. The third kappa shape index (κ3) is 6.58. The number of amides is 2. The normalized spacial score (nSPS) is 29.1. The fourth-order valence-electron chi connectivity index (χ4n) is 9.24. The lowest BCUT2D eigenvalue weighted by Gasteiger charge is -2.17. The number of rotatable bonds is 6. The first kappa shape index (κ1) is 36.0. The van der Waals surface area contributed by atoms with Crippen molar-refractivity contribution in [2.24, 2.45) is 29.6 Å². The molecule has 15 nitrogen and oxygen atoms in total. The number of anilines is 2. The van der Waals surface area contributed by atoms with E-state index in [-0.39, 0.29) is 30.4 Å². The summed E-state index contributed by atoms with van der Waals surface area (Å²) in [5.74, 6) is 2.90. The van der Waals surface area contributed by atoms with Crippen LogP contribution in [0.4, 0.5) is 11.6 Å². The van der Waals surface area contributed by atoms with Gasteiger partial charge in [0.25, 0.3) is 11.8 Å². The Morgan fingerprint density at radius 2 is 1.07 bits per heavy atom. The van der Waals surface area contributed by atoms with Gasteiger partial charge in [-0.15, -0.1) is 0 Å². The highest BCUT2D eigenvalue weighted by atomic mass is 16.5. The Bertz CT molecular complexity index is 2170. The van der Waals surface area contributed by atoms with Crippen LogP contribution in [0, 0.1) is 29.6 Å². The molecular weight excluding hydrogens is 713 g/mol. The Morgan fingerprint density at radius 1 is 0.607 bits per heavy atom. The summed E-state index contributed by atoms with van der Waals surface area (Å²) >= 11 is 0. The first-order valence-electron chi connectivity index (χ1n) is 19.3. The second-order valence-electron chi connectivity index (χ2n) is 15.6. The lowest BCUT2D eigenvalue weighted by atomic mass is 9.94. The molecule has 56 heavy (non-hydrogen) atoms. The molecule has 4 aromatic heterocycles. The second kappa shape index (κ2) is 14.8. The molecule has 2 saturated heterocycles. The molecule has 0 unspecified atom stereocenters. The molecule has 0 radical (unpaired) electrons. The van der Waals surface area contributed by atoms with E-state index < -0.39 is 6.10 Å². The molecule has 10 atom stereocenters. The summed E-state index contributed by atoms with van der Waals surface area (Å²) in [5.41, 5.74) is 3.50. The highest BCUT2D eigenvalue weighted by Crippen LogP contribution is 2.50. The van der Waals surface area contributed by atoms with Gasteiger partial charge in [-0.25, -0.2) is 29.9 Å². The number of ether oxygens (including phenoxy) is 2. The van der Waals surface area contributed by atoms with Gasteiger partial charge in [0.1, 0.15) is 25.1 Å². The molecule has 4 aliphatic rings. The summed E-state index contributed by atoms with van der Waals surface area (Å²) in [6.07, 6.45) is 9.51. The molecular formula is C41H44N10O5. The summed E-state index contributed by atoms with van der Waals surface area (Å²) in [6, 6.07) is 18.0. The van der Waals surface area contributed by atoms with Crippen LogP contribution >= 0.6 is 0 Å². The summed E-state index contributed by atoms with van der Waals surface area (Å²) in [6.45, 7) is 6.75.